The maximum Gasteiger partial charge on any atom is 0.344 e. The Labute approximate surface area is 103 Å². The van der Waals surface area contributed by atoms with E-state index in [1.807, 2.05) is 0 Å². The second-order valence-electron chi connectivity index (χ2n) is 4.00. The molecule has 0 bridgehead atoms. The Hall–Kier alpha value is -2.30. The Morgan fingerprint density at radius 1 is 1.39 bits per heavy atom. The minimum atomic E-state index is -1.05. The van der Waals surface area contributed by atoms with Crippen LogP contribution in [0.2, 0.25) is 0 Å². The Balaban J connectivity index is 2.44. The Morgan fingerprint density at radius 3 is 2.78 bits per heavy atom. The van der Waals surface area contributed by atoms with Gasteiger partial charge < -0.3 is 14.3 Å². The van der Waals surface area contributed by atoms with E-state index in [-0.39, 0.29) is 0 Å². The van der Waals surface area contributed by atoms with Gasteiger partial charge in [-0.2, -0.15) is 0 Å². The summed E-state index contributed by atoms with van der Waals surface area (Å²) in [4.78, 5) is 21.9. The molecule has 0 aliphatic carbocycles. The van der Waals surface area contributed by atoms with Gasteiger partial charge in [0.2, 0.25) is 0 Å². The van der Waals surface area contributed by atoms with Crippen molar-refractivity contribution in [1.82, 2.24) is 0 Å². The van der Waals surface area contributed by atoms with Crippen LogP contribution in [0, 0.1) is 6.92 Å². The van der Waals surface area contributed by atoms with Crippen LogP contribution in [0.5, 0.6) is 5.75 Å². The standard InChI is InChI=1S/C13H12O5/c1-7-5-12(14)18-11-6-9(3-4-10(7)11)17-8(2)13(15)16/h3-6,8H,1-2H3,(H,15,16)/t8-/m0/s1. The van der Waals surface area contributed by atoms with E-state index in [2.05, 4.69) is 0 Å². The normalized spacial score (nSPS) is 12.3. The van der Waals surface area contributed by atoms with Crippen molar-refractivity contribution < 1.29 is 19.1 Å². The number of benzene rings is 1. The third-order valence-corrected chi connectivity index (χ3v) is 2.58. The largest absolute Gasteiger partial charge is 0.479 e. The van der Waals surface area contributed by atoms with Crippen LogP contribution >= 0.6 is 0 Å². The minimum Gasteiger partial charge on any atom is -0.479 e. The fraction of sp³-hybridized carbons (Fsp3) is 0.231. The summed E-state index contributed by atoms with van der Waals surface area (Å²) in [6.45, 7) is 3.23. The predicted molar refractivity (Wildman–Crippen MR) is 64.9 cm³/mol. The monoisotopic (exact) mass is 248 g/mol. The number of hydrogen-bond donors (Lipinski definition) is 1. The average Bonchev–Trinajstić information content (AvgIpc) is 2.27. The van der Waals surface area contributed by atoms with Gasteiger partial charge in [0, 0.05) is 17.5 Å². The Morgan fingerprint density at radius 2 is 2.11 bits per heavy atom. The summed E-state index contributed by atoms with van der Waals surface area (Å²) in [7, 11) is 0. The highest BCUT2D eigenvalue weighted by molar-refractivity contribution is 5.81. The molecule has 0 amide bonds. The van der Waals surface area contributed by atoms with Crippen molar-refractivity contribution in [2.24, 2.45) is 0 Å². The molecule has 2 rings (SSSR count). The number of aliphatic carboxylic acids is 1. The van der Waals surface area contributed by atoms with Gasteiger partial charge in [-0.15, -0.1) is 0 Å². The second-order valence-corrected chi connectivity index (χ2v) is 4.00. The first-order valence-corrected chi connectivity index (χ1v) is 5.41. The zero-order valence-corrected chi connectivity index (χ0v) is 9.97. The summed E-state index contributed by atoms with van der Waals surface area (Å²) in [5.41, 5.74) is 0.748. The van der Waals surface area contributed by atoms with Crippen LogP contribution in [-0.2, 0) is 4.79 Å². The summed E-state index contributed by atoms with van der Waals surface area (Å²) in [5, 5.41) is 9.54. The fourth-order valence-electron chi connectivity index (χ4n) is 1.63. The summed E-state index contributed by atoms with van der Waals surface area (Å²) >= 11 is 0. The van der Waals surface area contributed by atoms with Gasteiger partial charge in [-0.05, 0) is 31.5 Å². The van der Waals surface area contributed by atoms with E-state index >= 15 is 0 Å². The van der Waals surface area contributed by atoms with Crippen molar-refractivity contribution in [1.29, 1.82) is 0 Å². The highest BCUT2D eigenvalue weighted by Gasteiger charge is 2.13. The molecule has 0 spiro atoms. The fourth-order valence-corrected chi connectivity index (χ4v) is 1.63. The molecule has 0 aliphatic heterocycles. The molecule has 0 unspecified atom stereocenters. The van der Waals surface area contributed by atoms with Gasteiger partial charge in [0.05, 0.1) is 0 Å². The van der Waals surface area contributed by atoms with E-state index in [1.54, 1.807) is 19.1 Å². The van der Waals surface area contributed by atoms with Gasteiger partial charge in [0.25, 0.3) is 0 Å². The predicted octanol–water partition coefficient (Wildman–Crippen LogP) is 1.95. The van der Waals surface area contributed by atoms with Gasteiger partial charge in [0.1, 0.15) is 11.3 Å². The molecule has 1 aromatic carbocycles. The first-order chi connectivity index (χ1) is 8.47. The quantitative estimate of drug-likeness (QED) is 0.840. The number of hydrogen-bond acceptors (Lipinski definition) is 4. The van der Waals surface area contributed by atoms with Crippen molar-refractivity contribution in [2.45, 2.75) is 20.0 Å². The minimum absolute atomic E-state index is 0.353. The van der Waals surface area contributed by atoms with Crippen molar-refractivity contribution in [3.8, 4) is 5.75 Å². The molecule has 5 heteroatoms. The highest BCUT2D eigenvalue weighted by atomic mass is 16.5. The van der Waals surface area contributed by atoms with Crippen LogP contribution in [0.1, 0.15) is 12.5 Å². The number of aryl methyl sites for hydroxylation is 1. The molecular formula is C13H12O5. The van der Waals surface area contributed by atoms with Crippen LogP contribution in [0.15, 0.2) is 33.5 Å². The molecule has 0 fully saturated rings. The average molecular weight is 248 g/mol. The highest BCUT2D eigenvalue weighted by Crippen LogP contribution is 2.22. The smallest absolute Gasteiger partial charge is 0.344 e. The molecule has 1 N–H and O–H groups in total. The second kappa shape index (κ2) is 4.52. The van der Waals surface area contributed by atoms with Crippen molar-refractivity contribution in [3.05, 3.63) is 40.2 Å². The molecule has 0 radical (unpaired) electrons. The number of ether oxygens (including phenoxy) is 1. The van der Waals surface area contributed by atoms with Gasteiger partial charge in [-0.1, -0.05) is 0 Å². The topological polar surface area (TPSA) is 76.7 Å². The van der Waals surface area contributed by atoms with Gasteiger partial charge >= 0.3 is 11.6 Å². The number of carboxylic acid groups (broad SMARTS) is 1. The van der Waals surface area contributed by atoms with Crippen molar-refractivity contribution in [2.75, 3.05) is 0 Å². The zero-order chi connectivity index (χ0) is 13.3. The molecule has 18 heavy (non-hydrogen) atoms. The Kier molecular flexibility index (Phi) is 3.06. The van der Waals surface area contributed by atoms with Crippen LogP contribution < -0.4 is 10.4 Å². The molecule has 0 saturated heterocycles. The number of carboxylic acids is 1. The van der Waals surface area contributed by atoms with E-state index in [1.165, 1.54) is 19.1 Å². The molecule has 1 aromatic heterocycles. The van der Waals surface area contributed by atoms with Gasteiger partial charge in [-0.25, -0.2) is 9.59 Å². The van der Waals surface area contributed by atoms with Crippen LogP contribution in [-0.4, -0.2) is 17.2 Å². The molecule has 0 saturated carbocycles. The maximum atomic E-state index is 11.2. The van der Waals surface area contributed by atoms with E-state index in [0.717, 1.165) is 10.9 Å². The van der Waals surface area contributed by atoms with E-state index < -0.39 is 17.7 Å². The van der Waals surface area contributed by atoms with E-state index in [9.17, 15) is 9.59 Å². The summed E-state index contributed by atoms with van der Waals surface area (Å²) in [6, 6.07) is 6.30. The summed E-state index contributed by atoms with van der Waals surface area (Å²) in [5.74, 6) is -0.702. The van der Waals surface area contributed by atoms with Gasteiger partial charge in [-0.3, -0.25) is 0 Å². The Bertz CT molecular complexity index is 656. The lowest BCUT2D eigenvalue weighted by atomic mass is 10.1. The molecule has 1 heterocycles. The summed E-state index contributed by atoms with van der Waals surface area (Å²) in [6.07, 6.45) is -0.959. The first-order valence-electron chi connectivity index (χ1n) is 5.41. The summed E-state index contributed by atoms with van der Waals surface area (Å²) < 4.78 is 10.2. The number of rotatable bonds is 3. The third-order valence-electron chi connectivity index (χ3n) is 2.58. The molecule has 1 atom stereocenters. The third kappa shape index (κ3) is 2.34. The lowest BCUT2D eigenvalue weighted by molar-refractivity contribution is -0.144. The zero-order valence-electron chi connectivity index (χ0n) is 9.97. The van der Waals surface area contributed by atoms with Crippen LogP contribution in [0.4, 0.5) is 0 Å². The molecule has 94 valence electrons. The van der Waals surface area contributed by atoms with Gasteiger partial charge in [0.15, 0.2) is 6.10 Å². The molecule has 2 aromatic rings. The van der Waals surface area contributed by atoms with Crippen molar-refractivity contribution >= 4 is 16.9 Å². The lowest BCUT2D eigenvalue weighted by Crippen LogP contribution is -2.22. The number of carbonyl (C=O) groups is 1. The lowest BCUT2D eigenvalue weighted by Gasteiger charge is -2.10. The van der Waals surface area contributed by atoms with Crippen molar-refractivity contribution in [3.63, 3.8) is 0 Å². The van der Waals surface area contributed by atoms with E-state index in [4.69, 9.17) is 14.3 Å². The van der Waals surface area contributed by atoms with Crippen LogP contribution in [0.3, 0.4) is 0 Å². The molecular weight excluding hydrogens is 236 g/mol. The SMILES string of the molecule is Cc1cc(=O)oc2cc(O[C@@H](C)C(=O)O)ccc12. The first kappa shape index (κ1) is 12.2. The van der Waals surface area contributed by atoms with E-state index in [0.29, 0.717) is 11.3 Å². The maximum absolute atomic E-state index is 11.2. The molecule has 0 aliphatic rings. The molecule has 5 nitrogen and oxygen atoms in total. The number of fused-ring (bicyclic) bond motifs is 1. The van der Waals surface area contributed by atoms with Crippen LogP contribution in [0.25, 0.3) is 11.0 Å².